The zero-order chi connectivity index (χ0) is 13.0. The van der Waals surface area contributed by atoms with Gasteiger partial charge in [-0.3, -0.25) is 14.9 Å². The molecule has 1 aromatic carbocycles. The number of ketones is 1. The molecule has 0 N–H and O–H groups in total. The molecule has 0 heterocycles. The van der Waals surface area contributed by atoms with Crippen molar-refractivity contribution < 1.29 is 14.5 Å². The highest BCUT2D eigenvalue weighted by Crippen LogP contribution is 2.29. The van der Waals surface area contributed by atoms with E-state index in [1.165, 1.54) is 18.2 Å². The number of nitro groups is 1. The summed E-state index contributed by atoms with van der Waals surface area (Å²) in [4.78, 5) is 21.4. The normalized spacial score (nSPS) is 10.4. The molecule has 0 spiro atoms. The molecule has 0 radical (unpaired) electrons. The van der Waals surface area contributed by atoms with Crippen LogP contribution >= 0.6 is 15.9 Å². The Morgan fingerprint density at radius 2 is 2.18 bits per heavy atom. The van der Waals surface area contributed by atoms with Crippen LogP contribution in [0, 0.1) is 16.0 Å². The molecule has 0 atom stereocenters. The fourth-order valence-corrected chi connectivity index (χ4v) is 1.39. The number of nitrogens with zero attached hydrogens (tertiary/aromatic N) is 1. The minimum absolute atomic E-state index is 0.0524. The van der Waals surface area contributed by atoms with Crippen molar-refractivity contribution in [2.24, 2.45) is 5.92 Å². The number of hydrogen-bond acceptors (Lipinski definition) is 4. The summed E-state index contributed by atoms with van der Waals surface area (Å²) in [6.07, 6.45) is 0. The Balaban J connectivity index is 2.80. The van der Waals surface area contributed by atoms with Crippen molar-refractivity contribution in [3.05, 3.63) is 32.8 Å². The monoisotopic (exact) mass is 301 g/mol. The van der Waals surface area contributed by atoms with Gasteiger partial charge in [0.2, 0.25) is 0 Å². The molecule has 0 amide bonds. The number of hydrogen-bond donors (Lipinski definition) is 0. The number of halogens is 1. The van der Waals surface area contributed by atoms with Crippen molar-refractivity contribution in [3.8, 4) is 5.75 Å². The predicted octanol–water partition coefficient (Wildman–Crippen LogP) is 2.96. The summed E-state index contributed by atoms with van der Waals surface area (Å²) in [5.41, 5.74) is -0.0693. The van der Waals surface area contributed by atoms with E-state index in [2.05, 4.69) is 15.9 Å². The van der Waals surface area contributed by atoms with E-state index in [9.17, 15) is 14.9 Å². The van der Waals surface area contributed by atoms with E-state index >= 15 is 0 Å². The molecular formula is C11H12BrNO4. The number of benzene rings is 1. The predicted molar refractivity (Wildman–Crippen MR) is 66.1 cm³/mol. The third-order valence-corrected chi connectivity index (χ3v) is 2.79. The standard InChI is InChI=1S/C11H12BrNO4/c1-7(2)10(14)6-17-11-5-8(13(15)16)3-4-9(11)12/h3-5,7H,6H2,1-2H3. The van der Waals surface area contributed by atoms with Crippen molar-refractivity contribution in [3.63, 3.8) is 0 Å². The van der Waals surface area contributed by atoms with Gasteiger partial charge in [-0.2, -0.15) is 0 Å². The van der Waals surface area contributed by atoms with E-state index in [0.29, 0.717) is 10.2 Å². The smallest absolute Gasteiger partial charge is 0.273 e. The Morgan fingerprint density at radius 1 is 1.53 bits per heavy atom. The first kappa shape index (κ1) is 13.6. The third kappa shape index (κ3) is 3.81. The van der Waals surface area contributed by atoms with Crippen LogP contribution in [-0.2, 0) is 4.79 Å². The molecular weight excluding hydrogens is 290 g/mol. The van der Waals surface area contributed by atoms with Gasteiger partial charge in [-0.15, -0.1) is 0 Å². The third-order valence-electron chi connectivity index (χ3n) is 2.14. The Kier molecular flexibility index (Phi) is 4.62. The summed E-state index contributed by atoms with van der Waals surface area (Å²) in [6.45, 7) is 3.46. The lowest BCUT2D eigenvalue weighted by Gasteiger charge is -2.08. The van der Waals surface area contributed by atoms with E-state index in [4.69, 9.17) is 4.74 Å². The second-order valence-electron chi connectivity index (χ2n) is 3.78. The first-order valence-electron chi connectivity index (χ1n) is 5.01. The fraction of sp³-hybridized carbons (Fsp3) is 0.364. The summed E-state index contributed by atoms with van der Waals surface area (Å²) in [5, 5.41) is 10.6. The van der Waals surface area contributed by atoms with Crippen LogP contribution in [-0.4, -0.2) is 17.3 Å². The molecule has 92 valence electrons. The molecule has 1 aromatic rings. The Labute approximate surface area is 107 Å². The summed E-state index contributed by atoms with van der Waals surface area (Å²) in [5.74, 6) is 0.129. The average Bonchev–Trinajstić information content (AvgIpc) is 2.26. The Hall–Kier alpha value is -1.43. The molecule has 5 nitrogen and oxygen atoms in total. The largest absolute Gasteiger partial charge is 0.484 e. The zero-order valence-corrected chi connectivity index (χ0v) is 11.1. The van der Waals surface area contributed by atoms with E-state index in [1.807, 2.05) is 0 Å². The van der Waals surface area contributed by atoms with Crippen molar-refractivity contribution in [2.45, 2.75) is 13.8 Å². The quantitative estimate of drug-likeness (QED) is 0.619. The molecule has 17 heavy (non-hydrogen) atoms. The lowest BCUT2D eigenvalue weighted by Crippen LogP contribution is -2.17. The van der Waals surface area contributed by atoms with Gasteiger partial charge in [-0.1, -0.05) is 13.8 Å². The Bertz CT molecular complexity index is 445. The molecule has 0 saturated heterocycles. The van der Waals surface area contributed by atoms with Gasteiger partial charge in [-0.25, -0.2) is 0 Å². The van der Waals surface area contributed by atoms with Gasteiger partial charge < -0.3 is 4.74 Å². The lowest BCUT2D eigenvalue weighted by molar-refractivity contribution is -0.385. The van der Waals surface area contributed by atoms with Crippen molar-refractivity contribution >= 4 is 27.4 Å². The maximum atomic E-state index is 11.4. The van der Waals surface area contributed by atoms with Gasteiger partial charge in [0.05, 0.1) is 15.5 Å². The van der Waals surface area contributed by atoms with Crippen LogP contribution in [0.1, 0.15) is 13.8 Å². The fourth-order valence-electron chi connectivity index (χ4n) is 1.03. The number of carbonyl (C=O) groups excluding carboxylic acids is 1. The van der Waals surface area contributed by atoms with Crippen LogP contribution < -0.4 is 4.74 Å². The molecule has 0 unspecified atom stereocenters. The van der Waals surface area contributed by atoms with Gasteiger partial charge in [0.25, 0.3) is 5.69 Å². The Morgan fingerprint density at radius 3 is 2.71 bits per heavy atom. The average molecular weight is 302 g/mol. The number of Topliss-reactive ketones (excluding diaryl/α,β-unsaturated/α-hetero) is 1. The van der Waals surface area contributed by atoms with E-state index in [-0.39, 0.29) is 24.0 Å². The first-order chi connectivity index (χ1) is 7.91. The minimum atomic E-state index is -0.510. The van der Waals surface area contributed by atoms with E-state index in [1.54, 1.807) is 13.8 Å². The number of non-ortho nitro benzene ring substituents is 1. The van der Waals surface area contributed by atoms with Crippen molar-refractivity contribution in [1.29, 1.82) is 0 Å². The molecule has 0 aliphatic carbocycles. The van der Waals surface area contributed by atoms with Gasteiger partial charge in [-0.05, 0) is 22.0 Å². The zero-order valence-electron chi connectivity index (χ0n) is 9.47. The summed E-state index contributed by atoms with van der Waals surface area (Å²) >= 11 is 3.21. The van der Waals surface area contributed by atoms with Crippen LogP contribution in [0.25, 0.3) is 0 Å². The number of carbonyl (C=O) groups is 1. The SMILES string of the molecule is CC(C)C(=O)COc1cc([N+](=O)[O-])ccc1Br. The molecule has 1 rings (SSSR count). The molecule has 0 bridgehead atoms. The van der Waals surface area contributed by atoms with Crippen LogP contribution in [0.3, 0.4) is 0 Å². The van der Waals surface area contributed by atoms with Crippen LogP contribution in [0.5, 0.6) is 5.75 Å². The summed E-state index contributed by atoms with van der Waals surface area (Å²) in [6, 6.07) is 4.17. The van der Waals surface area contributed by atoms with Crippen LogP contribution in [0.2, 0.25) is 0 Å². The van der Waals surface area contributed by atoms with Gasteiger partial charge in [0, 0.05) is 12.0 Å². The highest BCUT2D eigenvalue weighted by atomic mass is 79.9. The summed E-state index contributed by atoms with van der Waals surface area (Å²) < 4.78 is 5.83. The maximum Gasteiger partial charge on any atom is 0.273 e. The topological polar surface area (TPSA) is 69.4 Å². The van der Waals surface area contributed by atoms with Gasteiger partial charge in [0.15, 0.2) is 5.78 Å². The molecule has 0 aromatic heterocycles. The minimum Gasteiger partial charge on any atom is -0.484 e. The molecule has 0 aliphatic heterocycles. The van der Waals surface area contributed by atoms with E-state index < -0.39 is 4.92 Å². The van der Waals surface area contributed by atoms with Crippen molar-refractivity contribution in [1.82, 2.24) is 0 Å². The number of nitro benzene ring substituents is 1. The van der Waals surface area contributed by atoms with E-state index in [0.717, 1.165) is 0 Å². The van der Waals surface area contributed by atoms with Gasteiger partial charge >= 0.3 is 0 Å². The highest BCUT2D eigenvalue weighted by Gasteiger charge is 2.13. The van der Waals surface area contributed by atoms with Gasteiger partial charge in [0.1, 0.15) is 12.4 Å². The highest BCUT2D eigenvalue weighted by molar-refractivity contribution is 9.10. The molecule has 0 aliphatic rings. The molecule has 6 heteroatoms. The number of ether oxygens (including phenoxy) is 1. The van der Waals surface area contributed by atoms with Crippen LogP contribution in [0.15, 0.2) is 22.7 Å². The molecule has 0 fully saturated rings. The summed E-state index contributed by atoms with van der Waals surface area (Å²) in [7, 11) is 0. The maximum absolute atomic E-state index is 11.4. The van der Waals surface area contributed by atoms with Crippen LogP contribution in [0.4, 0.5) is 5.69 Å². The number of rotatable bonds is 5. The second kappa shape index (κ2) is 5.77. The second-order valence-corrected chi connectivity index (χ2v) is 4.64. The van der Waals surface area contributed by atoms with Crippen molar-refractivity contribution in [2.75, 3.05) is 6.61 Å². The lowest BCUT2D eigenvalue weighted by atomic mass is 10.1. The molecule has 0 saturated carbocycles. The first-order valence-corrected chi connectivity index (χ1v) is 5.80.